The molecule has 2 aliphatic rings. The zero-order valence-corrected chi connectivity index (χ0v) is 22.1. The first-order chi connectivity index (χ1) is 18.5. The Balaban J connectivity index is 1.24. The average molecular weight is 530 g/mol. The van der Waals surface area contributed by atoms with Gasteiger partial charge in [-0.05, 0) is 74.9 Å². The molecule has 0 radical (unpaired) electrons. The summed E-state index contributed by atoms with van der Waals surface area (Å²) in [5.41, 5.74) is 5.98. The van der Waals surface area contributed by atoms with Crippen molar-refractivity contribution >= 4 is 17.5 Å². The van der Waals surface area contributed by atoms with Crippen LogP contribution in [0.4, 0.5) is 0 Å². The number of benzene rings is 2. The molecule has 1 fully saturated rings. The summed E-state index contributed by atoms with van der Waals surface area (Å²) < 4.78 is 18.2. The van der Waals surface area contributed by atoms with Crippen LogP contribution in [0.25, 0.3) is 11.3 Å². The maximum absolute atomic E-state index is 12.3. The molecule has 2 aromatic heterocycles. The lowest BCUT2D eigenvalue weighted by Crippen LogP contribution is -2.22. The van der Waals surface area contributed by atoms with E-state index in [1.807, 2.05) is 56.3 Å². The maximum atomic E-state index is 12.3. The molecule has 1 aliphatic heterocycles. The van der Waals surface area contributed by atoms with E-state index in [0.29, 0.717) is 46.8 Å². The minimum absolute atomic E-state index is 0.115. The van der Waals surface area contributed by atoms with Crippen LogP contribution in [-0.4, -0.2) is 22.6 Å². The highest BCUT2D eigenvalue weighted by Crippen LogP contribution is 2.45. The summed E-state index contributed by atoms with van der Waals surface area (Å²) in [7, 11) is 0. The number of amides is 1. The molecule has 194 valence electrons. The highest BCUT2D eigenvalue weighted by atomic mass is 35.5. The predicted octanol–water partition coefficient (Wildman–Crippen LogP) is 6.80. The van der Waals surface area contributed by atoms with Gasteiger partial charge in [0.15, 0.2) is 0 Å². The molecule has 8 heteroatoms. The number of nitrogens with one attached hydrogen (secondary N) is 1. The van der Waals surface area contributed by atoms with Crippen molar-refractivity contribution in [3.63, 3.8) is 0 Å². The van der Waals surface area contributed by atoms with E-state index in [2.05, 4.69) is 10.5 Å². The number of ether oxygens (including phenoxy) is 2. The zero-order chi connectivity index (χ0) is 26.2. The van der Waals surface area contributed by atoms with Crippen molar-refractivity contribution < 1.29 is 18.8 Å². The second-order valence-electron chi connectivity index (χ2n) is 9.75. The van der Waals surface area contributed by atoms with E-state index in [1.165, 1.54) is 0 Å². The van der Waals surface area contributed by atoms with E-state index in [-0.39, 0.29) is 12.5 Å². The molecule has 38 heavy (non-hydrogen) atoms. The summed E-state index contributed by atoms with van der Waals surface area (Å²) in [6, 6.07) is 15.1. The van der Waals surface area contributed by atoms with Gasteiger partial charge >= 0.3 is 0 Å². The van der Waals surface area contributed by atoms with Crippen LogP contribution in [0.15, 0.2) is 53.1 Å². The summed E-state index contributed by atoms with van der Waals surface area (Å²) in [5, 5.41) is 7.88. The Bertz CT molecular complexity index is 1510. The molecular weight excluding hydrogens is 502 g/mol. The monoisotopic (exact) mass is 529 g/mol. The van der Waals surface area contributed by atoms with Crippen molar-refractivity contribution in [2.75, 3.05) is 6.54 Å². The number of rotatable bonds is 7. The van der Waals surface area contributed by atoms with Gasteiger partial charge in [0, 0.05) is 29.7 Å². The van der Waals surface area contributed by atoms with E-state index in [0.717, 1.165) is 58.7 Å². The van der Waals surface area contributed by atoms with Gasteiger partial charge in [0.25, 0.3) is 5.91 Å². The van der Waals surface area contributed by atoms with E-state index >= 15 is 0 Å². The lowest BCUT2D eigenvalue weighted by molar-refractivity contribution is 0.0955. The number of hydrogen-bond donors (Lipinski definition) is 1. The van der Waals surface area contributed by atoms with Crippen molar-refractivity contribution in [1.82, 2.24) is 15.5 Å². The second-order valence-corrected chi connectivity index (χ2v) is 10.2. The van der Waals surface area contributed by atoms with E-state index in [9.17, 15) is 4.79 Å². The minimum Gasteiger partial charge on any atom is -0.473 e. The van der Waals surface area contributed by atoms with Gasteiger partial charge in [-0.3, -0.25) is 4.79 Å². The largest absolute Gasteiger partial charge is 0.473 e. The van der Waals surface area contributed by atoms with Crippen molar-refractivity contribution in [3.8, 4) is 28.6 Å². The highest BCUT2D eigenvalue weighted by molar-refractivity contribution is 6.33. The average Bonchev–Trinajstić information content (AvgIpc) is 3.70. The van der Waals surface area contributed by atoms with Gasteiger partial charge in [0.1, 0.15) is 29.6 Å². The molecule has 1 amide bonds. The molecule has 2 aromatic carbocycles. The molecule has 1 N–H and O–H groups in total. The lowest BCUT2D eigenvalue weighted by atomic mass is 10.0. The number of carbonyl (C=O) groups is 1. The van der Waals surface area contributed by atoms with Crippen molar-refractivity contribution in [2.45, 2.75) is 52.1 Å². The topological polar surface area (TPSA) is 86.5 Å². The van der Waals surface area contributed by atoms with Crippen LogP contribution in [0.1, 0.15) is 64.2 Å². The van der Waals surface area contributed by atoms with Gasteiger partial charge in [-0.2, -0.15) is 0 Å². The van der Waals surface area contributed by atoms with Crippen molar-refractivity contribution in [1.29, 1.82) is 0 Å². The normalized spacial score (nSPS) is 14.2. The number of carbonyl (C=O) groups excluding carboxylic acids is 1. The molecule has 0 spiro atoms. The summed E-state index contributed by atoms with van der Waals surface area (Å²) in [4.78, 5) is 17.1. The number of aromatic nitrogens is 2. The summed E-state index contributed by atoms with van der Waals surface area (Å²) in [5.74, 6) is 2.98. The molecule has 0 atom stereocenters. The predicted molar refractivity (Wildman–Crippen MR) is 144 cm³/mol. The zero-order valence-electron chi connectivity index (χ0n) is 21.3. The number of aryl methyl sites for hydroxylation is 3. The Morgan fingerprint density at radius 1 is 1.13 bits per heavy atom. The van der Waals surface area contributed by atoms with Crippen LogP contribution >= 0.6 is 11.6 Å². The molecule has 4 aromatic rings. The van der Waals surface area contributed by atoms with E-state index in [1.54, 1.807) is 6.07 Å². The molecule has 0 saturated heterocycles. The number of hydrogen-bond acceptors (Lipinski definition) is 6. The smallest absolute Gasteiger partial charge is 0.251 e. The van der Waals surface area contributed by atoms with Crippen LogP contribution < -0.4 is 14.8 Å². The molecule has 0 bridgehead atoms. The molecular formula is C30H28ClN3O4. The molecule has 1 saturated carbocycles. The highest BCUT2D eigenvalue weighted by Gasteiger charge is 2.33. The van der Waals surface area contributed by atoms with Crippen LogP contribution in [-0.2, 0) is 19.4 Å². The van der Waals surface area contributed by atoms with Gasteiger partial charge in [-0.25, -0.2) is 4.98 Å². The van der Waals surface area contributed by atoms with Crippen LogP contribution in [0.3, 0.4) is 0 Å². The molecule has 6 rings (SSSR count). The number of pyridine rings is 1. The van der Waals surface area contributed by atoms with Gasteiger partial charge in [0.05, 0.1) is 16.3 Å². The third-order valence-electron chi connectivity index (χ3n) is 7.01. The number of halogens is 1. The second kappa shape index (κ2) is 10.1. The molecule has 1 aliphatic carbocycles. The Morgan fingerprint density at radius 2 is 2.00 bits per heavy atom. The van der Waals surface area contributed by atoms with Gasteiger partial charge in [-0.1, -0.05) is 35.0 Å². The number of fused-ring (bicyclic) bond motifs is 2. The number of nitrogens with zero attached hydrogens (tertiary/aromatic N) is 2. The van der Waals surface area contributed by atoms with E-state index in [4.69, 9.17) is 30.6 Å². The van der Waals surface area contributed by atoms with Gasteiger partial charge in [-0.15, -0.1) is 0 Å². The first-order valence-corrected chi connectivity index (χ1v) is 13.3. The van der Waals surface area contributed by atoms with Crippen LogP contribution in [0.2, 0.25) is 5.02 Å². The first-order valence-electron chi connectivity index (χ1n) is 13.0. The minimum atomic E-state index is -0.115. The summed E-state index contributed by atoms with van der Waals surface area (Å²) in [6.45, 7) is 4.76. The standard InChI is InChI=1S/C30H28ClN3O4/c1-3-32-30(35)20-10-7-18-11-12-23-24(37-25(18)15-20)13-14-26(33-23)36-16-21-28(34-38-29(21)19-8-9-19)27-17(2)5-4-6-22(27)31/h4-7,10,13-15,19H,3,8-9,11-12,16H2,1-2H3,(H,32,35). The summed E-state index contributed by atoms with van der Waals surface area (Å²) >= 11 is 6.56. The fourth-order valence-electron chi connectivity index (χ4n) is 4.85. The Kier molecular flexibility index (Phi) is 6.54. The fraction of sp³-hybridized carbons (Fsp3) is 0.300. The van der Waals surface area contributed by atoms with Crippen molar-refractivity contribution in [3.05, 3.63) is 87.3 Å². The van der Waals surface area contributed by atoms with Crippen LogP contribution in [0, 0.1) is 6.92 Å². The van der Waals surface area contributed by atoms with Crippen molar-refractivity contribution in [2.24, 2.45) is 0 Å². The molecule has 3 heterocycles. The molecule has 0 unspecified atom stereocenters. The Labute approximate surface area is 226 Å². The molecule has 7 nitrogen and oxygen atoms in total. The first kappa shape index (κ1) is 24.5. The quantitative estimate of drug-likeness (QED) is 0.283. The van der Waals surface area contributed by atoms with Gasteiger partial charge in [0.2, 0.25) is 5.88 Å². The Hall–Kier alpha value is -3.84. The third-order valence-corrected chi connectivity index (χ3v) is 7.33. The fourth-order valence-corrected chi connectivity index (χ4v) is 5.17. The lowest BCUT2D eigenvalue weighted by Gasteiger charge is -2.12. The summed E-state index contributed by atoms with van der Waals surface area (Å²) in [6.07, 6.45) is 3.62. The van der Waals surface area contributed by atoms with E-state index < -0.39 is 0 Å². The van der Waals surface area contributed by atoms with Crippen LogP contribution in [0.5, 0.6) is 17.4 Å². The Morgan fingerprint density at radius 3 is 2.79 bits per heavy atom. The maximum Gasteiger partial charge on any atom is 0.251 e. The SMILES string of the molecule is CCNC(=O)c1ccc2c(c1)Oc1ccc(OCc3c(-c4c(C)cccc4Cl)noc3C3CC3)nc1CC2. The third kappa shape index (κ3) is 4.74. The van der Waals surface area contributed by atoms with Gasteiger partial charge < -0.3 is 19.3 Å².